The maximum Gasteiger partial charge on any atom is 0.358 e. The Morgan fingerprint density at radius 2 is 1.71 bits per heavy atom. The van der Waals surface area contributed by atoms with Crippen LogP contribution in [-0.4, -0.2) is 37.0 Å². The number of hydrogen-bond donors (Lipinski definition) is 1. The summed E-state index contributed by atoms with van der Waals surface area (Å²) >= 11 is 0. The van der Waals surface area contributed by atoms with Crippen molar-refractivity contribution in [2.24, 2.45) is 0 Å². The van der Waals surface area contributed by atoms with Crippen molar-refractivity contribution in [1.29, 1.82) is 0 Å². The molecule has 1 amide bonds. The highest BCUT2D eigenvalue weighted by Gasteiger charge is 2.26. The van der Waals surface area contributed by atoms with E-state index in [4.69, 9.17) is 9.47 Å². The molecule has 0 aliphatic rings. The average molecular weight is 486 g/mol. The second kappa shape index (κ2) is 13.4. The van der Waals surface area contributed by atoms with Crippen LogP contribution < -0.4 is 15.5 Å². The zero-order valence-corrected chi connectivity index (χ0v) is 19.1. The number of aromatic nitrogens is 1. The van der Waals surface area contributed by atoms with Gasteiger partial charge in [-0.2, -0.15) is 0 Å². The molecule has 3 rings (SSSR count). The molecule has 0 saturated heterocycles. The molecule has 1 aromatic heterocycles. The van der Waals surface area contributed by atoms with Gasteiger partial charge in [-0.1, -0.05) is 48.5 Å². The third-order valence-electron chi connectivity index (χ3n) is 4.76. The number of amides is 1. The molecule has 35 heavy (non-hydrogen) atoms. The first-order valence-electron chi connectivity index (χ1n) is 10.3. The summed E-state index contributed by atoms with van der Waals surface area (Å²) in [6.45, 7) is -0.570. The number of nitrogens with zero attached hydrogens (tertiary/aromatic N) is 1. The average Bonchev–Trinajstić information content (AvgIpc) is 2.89. The summed E-state index contributed by atoms with van der Waals surface area (Å²) < 4.78 is 34.9. The number of aldehydes is 1. The molecule has 10 heteroatoms. The lowest BCUT2D eigenvalue weighted by Crippen LogP contribution is -2.32. The van der Waals surface area contributed by atoms with Crippen LogP contribution in [0.1, 0.15) is 32.0 Å². The second-order valence-corrected chi connectivity index (χ2v) is 6.91. The van der Waals surface area contributed by atoms with Crippen molar-refractivity contribution in [1.82, 2.24) is 9.88 Å². The number of esters is 1. The highest BCUT2D eigenvalue weighted by Crippen LogP contribution is 2.19. The summed E-state index contributed by atoms with van der Waals surface area (Å²) in [5.74, 6) is -2.66. The zero-order chi connectivity index (χ0) is 25.8. The van der Waals surface area contributed by atoms with E-state index < -0.39 is 28.9 Å². The quantitative estimate of drug-likeness (QED) is 0.368. The van der Waals surface area contributed by atoms with Crippen molar-refractivity contribution in [2.75, 3.05) is 14.3 Å². The summed E-state index contributed by atoms with van der Waals surface area (Å²) in [6.07, 6.45) is 1.58. The van der Waals surface area contributed by atoms with E-state index in [1.807, 2.05) is 0 Å². The SMILES string of the molecule is CF.COC(=O)c1c(OCc2ccccc2)c(=O)c(C(=O)NCc2ccccc2F)cn1CC=O. The van der Waals surface area contributed by atoms with E-state index in [1.165, 1.54) is 18.2 Å². The van der Waals surface area contributed by atoms with E-state index in [9.17, 15) is 28.0 Å². The smallest absolute Gasteiger partial charge is 0.358 e. The van der Waals surface area contributed by atoms with Crippen molar-refractivity contribution < 1.29 is 32.6 Å². The van der Waals surface area contributed by atoms with Gasteiger partial charge in [-0.3, -0.25) is 14.0 Å². The van der Waals surface area contributed by atoms with Gasteiger partial charge in [0.25, 0.3) is 5.91 Å². The van der Waals surface area contributed by atoms with Gasteiger partial charge in [0.1, 0.15) is 24.3 Å². The molecule has 0 aliphatic heterocycles. The van der Waals surface area contributed by atoms with Crippen molar-refractivity contribution in [3.05, 3.63) is 99.2 Å². The normalized spacial score (nSPS) is 9.94. The van der Waals surface area contributed by atoms with Crippen LogP contribution in [-0.2, 0) is 29.2 Å². The summed E-state index contributed by atoms with van der Waals surface area (Å²) in [5.41, 5.74) is -0.588. The van der Waals surface area contributed by atoms with Crippen molar-refractivity contribution in [3.8, 4) is 5.75 Å². The lowest BCUT2D eigenvalue weighted by Gasteiger charge is -2.17. The predicted molar refractivity (Wildman–Crippen MR) is 123 cm³/mol. The molecule has 0 fully saturated rings. The van der Waals surface area contributed by atoms with Gasteiger partial charge >= 0.3 is 5.97 Å². The first-order valence-corrected chi connectivity index (χ1v) is 10.3. The molecule has 3 aromatic rings. The minimum Gasteiger partial charge on any atom is -0.482 e. The lowest BCUT2D eigenvalue weighted by molar-refractivity contribution is -0.108. The standard InChI is InChI=1S/C24H21FN2O6.CH3F/c1-32-24(31)20-22(33-15-16-7-3-2-4-8-16)21(29)18(14-27(20)11-12-28)23(30)26-13-17-9-5-6-10-19(17)25;1-2/h2-10,12,14H,11,13,15H2,1H3,(H,26,30);1H3. The highest BCUT2D eigenvalue weighted by atomic mass is 19.1. The number of carbonyl (C=O) groups excluding carboxylic acids is 3. The lowest BCUT2D eigenvalue weighted by atomic mass is 10.1. The molecule has 2 aromatic carbocycles. The molecule has 0 unspecified atom stereocenters. The molecule has 0 radical (unpaired) electrons. The molecule has 0 spiro atoms. The number of rotatable bonds is 9. The van der Waals surface area contributed by atoms with Crippen molar-refractivity contribution in [2.45, 2.75) is 19.7 Å². The van der Waals surface area contributed by atoms with Crippen molar-refractivity contribution >= 4 is 18.2 Å². The molecular formula is C25H24F2N2O6. The third kappa shape index (κ3) is 6.83. The largest absolute Gasteiger partial charge is 0.482 e. The zero-order valence-electron chi connectivity index (χ0n) is 19.1. The fraction of sp³-hybridized carbons (Fsp3) is 0.200. The Morgan fingerprint density at radius 1 is 1.06 bits per heavy atom. The second-order valence-electron chi connectivity index (χ2n) is 6.91. The number of methoxy groups -OCH3 is 1. The molecule has 184 valence electrons. The van der Waals surface area contributed by atoms with E-state index in [0.717, 1.165) is 17.9 Å². The maximum atomic E-state index is 13.9. The van der Waals surface area contributed by atoms with Gasteiger partial charge in [0.2, 0.25) is 5.43 Å². The molecule has 8 nitrogen and oxygen atoms in total. The van der Waals surface area contributed by atoms with Gasteiger partial charge in [0, 0.05) is 18.3 Å². The van der Waals surface area contributed by atoms with Gasteiger partial charge in [0.15, 0.2) is 11.4 Å². The van der Waals surface area contributed by atoms with Gasteiger partial charge in [-0.05, 0) is 11.6 Å². The van der Waals surface area contributed by atoms with Crippen LogP contribution in [0.2, 0.25) is 0 Å². The van der Waals surface area contributed by atoms with Crippen LogP contribution in [0, 0.1) is 5.82 Å². The first-order chi connectivity index (χ1) is 17.0. The number of alkyl halides is 1. The first kappa shape index (κ1) is 26.9. The minimum absolute atomic E-state index is 0.0680. The van der Waals surface area contributed by atoms with Crippen LogP contribution in [0.25, 0.3) is 0 Å². The summed E-state index contributed by atoms with van der Waals surface area (Å²) in [6, 6.07) is 14.7. The molecule has 0 saturated carbocycles. The van der Waals surface area contributed by atoms with Gasteiger partial charge in [-0.25, -0.2) is 9.18 Å². The number of ether oxygens (including phenoxy) is 2. The molecule has 1 N–H and O–H groups in total. The number of nitrogens with one attached hydrogen (secondary N) is 1. The molecule has 1 heterocycles. The van der Waals surface area contributed by atoms with Crippen LogP contribution in [0.5, 0.6) is 5.75 Å². The van der Waals surface area contributed by atoms with Crippen molar-refractivity contribution in [3.63, 3.8) is 0 Å². The number of carbonyl (C=O) groups is 3. The Balaban J connectivity index is 0.00000210. The molecule has 0 aliphatic carbocycles. The van der Waals surface area contributed by atoms with Crippen LogP contribution in [0.3, 0.4) is 0 Å². The Morgan fingerprint density at radius 3 is 2.34 bits per heavy atom. The number of benzene rings is 2. The Bertz CT molecular complexity index is 1230. The van der Waals surface area contributed by atoms with Crippen LogP contribution >= 0.6 is 0 Å². The third-order valence-corrected chi connectivity index (χ3v) is 4.76. The fourth-order valence-electron chi connectivity index (χ4n) is 3.11. The van der Waals surface area contributed by atoms with Gasteiger partial charge < -0.3 is 24.2 Å². The predicted octanol–water partition coefficient (Wildman–Crippen LogP) is 3.07. The van der Waals surface area contributed by atoms with Crippen LogP contribution in [0.4, 0.5) is 8.78 Å². The summed E-state index contributed by atoms with van der Waals surface area (Å²) in [4.78, 5) is 49.5. The Hall–Kier alpha value is -4.34. The number of pyridine rings is 1. The van der Waals surface area contributed by atoms with Crippen LogP contribution in [0.15, 0.2) is 65.6 Å². The summed E-state index contributed by atoms with van der Waals surface area (Å²) in [5, 5.41) is 2.48. The van der Waals surface area contributed by atoms with Gasteiger partial charge in [-0.15, -0.1) is 0 Å². The van der Waals surface area contributed by atoms with E-state index in [0.29, 0.717) is 19.0 Å². The minimum atomic E-state index is -0.907. The van der Waals surface area contributed by atoms with E-state index in [1.54, 1.807) is 36.4 Å². The topological polar surface area (TPSA) is 104 Å². The fourth-order valence-corrected chi connectivity index (χ4v) is 3.11. The molecule has 0 bridgehead atoms. The monoisotopic (exact) mass is 486 g/mol. The molecular weight excluding hydrogens is 462 g/mol. The Kier molecular flexibility index (Phi) is 10.3. The van der Waals surface area contributed by atoms with Gasteiger partial charge in [0.05, 0.1) is 20.8 Å². The van der Waals surface area contributed by atoms with E-state index >= 15 is 0 Å². The highest BCUT2D eigenvalue weighted by molar-refractivity contribution is 5.97. The molecule has 0 atom stereocenters. The summed E-state index contributed by atoms with van der Waals surface area (Å²) in [7, 11) is 1.62. The Labute approximate surface area is 200 Å². The number of hydrogen-bond acceptors (Lipinski definition) is 6. The number of halogens is 2. The maximum absolute atomic E-state index is 13.9. The van der Waals surface area contributed by atoms with E-state index in [-0.39, 0.29) is 36.5 Å². The van der Waals surface area contributed by atoms with E-state index in [2.05, 4.69) is 5.32 Å².